The lowest BCUT2D eigenvalue weighted by Gasteiger charge is -2.32. The second kappa shape index (κ2) is 6.24. The Morgan fingerprint density at radius 3 is 2.43 bits per heavy atom. The summed E-state index contributed by atoms with van der Waals surface area (Å²) >= 11 is 5.90. The van der Waals surface area contributed by atoms with E-state index in [1.165, 1.54) is 0 Å². The fourth-order valence-corrected chi connectivity index (χ4v) is 3.76. The number of carboxylic acids is 1. The number of halogens is 1. The molecular formula is C16H21ClO3Si. The quantitative estimate of drug-likeness (QED) is 0.820. The van der Waals surface area contributed by atoms with Crippen LogP contribution in [0.1, 0.15) is 24.3 Å². The van der Waals surface area contributed by atoms with E-state index in [2.05, 4.69) is 25.7 Å². The van der Waals surface area contributed by atoms with Gasteiger partial charge in [0.1, 0.15) is 0 Å². The van der Waals surface area contributed by atoms with Gasteiger partial charge in [-0.1, -0.05) is 23.7 Å². The van der Waals surface area contributed by atoms with E-state index in [0.717, 1.165) is 11.3 Å². The Kier molecular flexibility index (Phi) is 4.79. The molecule has 0 amide bonds. The predicted octanol–water partition coefficient (Wildman–Crippen LogP) is 4.65. The van der Waals surface area contributed by atoms with Crippen molar-refractivity contribution in [3.63, 3.8) is 0 Å². The van der Waals surface area contributed by atoms with Crippen molar-refractivity contribution < 1.29 is 14.3 Å². The first-order chi connectivity index (χ1) is 9.76. The van der Waals surface area contributed by atoms with Crippen molar-refractivity contribution in [1.29, 1.82) is 0 Å². The van der Waals surface area contributed by atoms with Gasteiger partial charge in [0.15, 0.2) is 0 Å². The van der Waals surface area contributed by atoms with Crippen LogP contribution in [0.4, 0.5) is 0 Å². The second-order valence-corrected chi connectivity index (χ2v) is 11.3. The maximum atomic E-state index is 11.6. The standard InChI is InChI=1S/C16H21ClO3Si/c1-21(2,3)20-13-8-9-14(15(10-13)16(18)19)11-4-6-12(17)7-5-11/h4-8,14-15H,9-10H2,1-3H3,(H,18,19)/t14-,15+/m0/s1. The number of allylic oxidation sites excluding steroid dienone is 2. The molecule has 0 spiro atoms. The Morgan fingerprint density at radius 1 is 1.29 bits per heavy atom. The van der Waals surface area contributed by atoms with Crippen molar-refractivity contribution in [2.24, 2.45) is 5.92 Å². The van der Waals surface area contributed by atoms with Gasteiger partial charge in [0.25, 0.3) is 0 Å². The SMILES string of the molecule is C[Si](C)(C)OC1=CC[C@@H](c2ccc(Cl)cc2)[C@H](C(=O)O)C1. The Morgan fingerprint density at radius 2 is 1.90 bits per heavy atom. The van der Waals surface area contributed by atoms with E-state index >= 15 is 0 Å². The molecular weight excluding hydrogens is 304 g/mol. The van der Waals surface area contributed by atoms with Gasteiger partial charge in [-0.2, -0.15) is 0 Å². The molecule has 114 valence electrons. The fraction of sp³-hybridized carbons (Fsp3) is 0.438. The molecule has 0 bridgehead atoms. The third-order valence-corrected chi connectivity index (χ3v) is 4.69. The number of carboxylic acid groups (broad SMARTS) is 1. The van der Waals surface area contributed by atoms with Gasteiger partial charge in [0.05, 0.1) is 11.7 Å². The highest BCUT2D eigenvalue weighted by molar-refractivity contribution is 6.70. The lowest BCUT2D eigenvalue weighted by atomic mass is 9.78. The van der Waals surface area contributed by atoms with E-state index in [4.69, 9.17) is 16.0 Å². The maximum absolute atomic E-state index is 11.6. The Balaban J connectivity index is 2.22. The molecule has 1 aliphatic carbocycles. The van der Waals surface area contributed by atoms with Crippen LogP contribution < -0.4 is 0 Å². The van der Waals surface area contributed by atoms with Gasteiger partial charge in [-0.15, -0.1) is 0 Å². The molecule has 1 aliphatic rings. The van der Waals surface area contributed by atoms with E-state index in [9.17, 15) is 9.90 Å². The summed E-state index contributed by atoms with van der Waals surface area (Å²) in [5.41, 5.74) is 1.02. The molecule has 21 heavy (non-hydrogen) atoms. The van der Waals surface area contributed by atoms with Crippen LogP contribution >= 0.6 is 11.6 Å². The topological polar surface area (TPSA) is 46.5 Å². The van der Waals surface area contributed by atoms with Crippen LogP contribution in [0.5, 0.6) is 0 Å². The normalized spacial score (nSPS) is 22.6. The van der Waals surface area contributed by atoms with Crippen LogP contribution in [0.3, 0.4) is 0 Å². The minimum absolute atomic E-state index is 0.0197. The summed E-state index contributed by atoms with van der Waals surface area (Å²) in [4.78, 5) is 11.6. The minimum atomic E-state index is -1.70. The Bertz CT molecular complexity index is 546. The molecule has 0 aromatic heterocycles. The summed E-state index contributed by atoms with van der Waals surface area (Å²) in [5.74, 6) is -0.386. The van der Waals surface area contributed by atoms with E-state index in [1.807, 2.05) is 24.3 Å². The van der Waals surface area contributed by atoms with E-state index < -0.39 is 20.2 Å². The summed E-state index contributed by atoms with van der Waals surface area (Å²) in [7, 11) is -1.70. The Hall–Kier alpha value is -1.26. The van der Waals surface area contributed by atoms with Crippen LogP contribution in [-0.4, -0.2) is 19.4 Å². The van der Waals surface area contributed by atoms with Gasteiger partial charge in [0.2, 0.25) is 8.32 Å². The average molecular weight is 325 g/mol. The number of carbonyl (C=O) groups is 1. The minimum Gasteiger partial charge on any atom is -0.548 e. The number of rotatable bonds is 4. The Labute approximate surface area is 131 Å². The molecule has 2 rings (SSSR count). The molecule has 0 radical (unpaired) electrons. The second-order valence-electron chi connectivity index (χ2n) is 6.43. The number of benzene rings is 1. The summed E-state index contributed by atoms with van der Waals surface area (Å²) in [5, 5.41) is 10.2. The monoisotopic (exact) mass is 324 g/mol. The lowest BCUT2D eigenvalue weighted by molar-refractivity contribution is -0.143. The predicted molar refractivity (Wildman–Crippen MR) is 87.1 cm³/mol. The maximum Gasteiger partial charge on any atom is 0.307 e. The molecule has 0 unspecified atom stereocenters. The average Bonchev–Trinajstić information content (AvgIpc) is 2.38. The molecule has 1 aromatic rings. The van der Waals surface area contributed by atoms with E-state index in [0.29, 0.717) is 17.9 Å². The van der Waals surface area contributed by atoms with Crippen molar-refractivity contribution in [2.45, 2.75) is 38.4 Å². The van der Waals surface area contributed by atoms with Gasteiger partial charge in [-0.05, 0) is 49.8 Å². The highest BCUT2D eigenvalue weighted by Gasteiger charge is 2.34. The van der Waals surface area contributed by atoms with Crippen molar-refractivity contribution in [2.75, 3.05) is 0 Å². The first kappa shape index (κ1) is 16.1. The van der Waals surface area contributed by atoms with Crippen molar-refractivity contribution in [3.05, 3.63) is 46.7 Å². The number of hydrogen-bond acceptors (Lipinski definition) is 2. The first-order valence-corrected chi connectivity index (χ1v) is 10.9. The zero-order valence-electron chi connectivity index (χ0n) is 12.6. The van der Waals surface area contributed by atoms with Crippen LogP contribution in [0.15, 0.2) is 36.1 Å². The van der Waals surface area contributed by atoms with Crippen LogP contribution in [-0.2, 0) is 9.22 Å². The first-order valence-electron chi connectivity index (χ1n) is 7.12. The summed E-state index contributed by atoms with van der Waals surface area (Å²) in [6.07, 6.45) is 3.21. The highest BCUT2D eigenvalue weighted by Crippen LogP contribution is 2.38. The molecule has 1 aromatic carbocycles. The van der Waals surface area contributed by atoms with Gasteiger partial charge in [-0.3, -0.25) is 4.79 Å². The smallest absolute Gasteiger partial charge is 0.307 e. The summed E-state index contributed by atoms with van der Waals surface area (Å²) in [6, 6.07) is 7.46. The van der Waals surface area contributed by atoms with E-state index in [-0.39, 0.29) is 5.92 Å². The highest BCUT2D eigenvalue weighted by atomic mass is 35.5. The number of aliphatic carboxylic acids is 1. The molecule has 5 heteroatoms. The zero-order valence-corrected chi connectivity index (χ0v) is 14.4. The molecule has 3 nitrogen and oxygen atoms in total. The zero-order chi connectivity index (χ0) is 15.6. The van der Waals surface area contributed by atoms with Crippen molar-refractivity contribution >= 4 is 25.9 Å². The molecule has 0 saturated carbocycles. The lowest BCUT2D eigenvalue weighted by Crippen LogP contribution is -2.30. The molecule has 0 heterocycles. The third-order valence-electron chi connectivity index (χ3n) is 3.56. The summed E-state index contributed by atoms with van der Waals surface area (Å²) < 4.78 is 5.98. The molecule has 2 atom stereocenters. The molecule has 0 saturated heterocycles. The van der Waals surface area contributed by atoms with E-state index in [1.54, 1.807) is 0 Å². The summed E-state index contributed by atoms with van der Waals surface area (Å²) in [6.45, 7) is 6.32. The van der Waals surface area contributed by atoms with Crippen LogP contribution in [0.25, 0.3) is 0 Å². The van der Waals surface area contributed by atoms with Crippen molar-refractivity contribution in [3.8, 4) is 0 Å². The molecule has 0 aliphatic heterocycles. The van der Waals surface area contributed by atoms with Crippen LogP contribution in [0.2, 0.25) is 24.7 Å². The van der Waals surface area contributed by atoms with Gasteiger partial charge < -0.3 is 9.53 Å². The fourth-order valence-electron chi connectivity index (χ4n) is 2.68. The van der Waals surface area contributed by atoms with Crippen LogP contribution in [0, 0.1) is 5.92 Å². The molecule has 0 fully saturated rings. The molecule has 1 N–H and O–H groups in total. The van der Waals surface area contributed by atoms with Gasteiger partial charge in [-0.25, -0.2) is 0 Å². The van der Waals surface area contributed by atoms with Gasteiger partial charge in [0, 0.05) is 17.4 Å². The van der Waals surface area contributed by atoms with Crippen molar-refractivity contribution in [1.82, 2.24) is 0 Å². The van der Waals surface area contributed by atoms with Gasteiger partial charge >= 0.3 is 5.97 Å². The largest absolute Gasteiger partial charge is 0.548 e. The number of hydrogen-bond donors (Lipinski definition) is 1. The third kappa shape index (κ3) is 4.35.